The third kappa shape index (κ3) is 3.06. The number of nitrogens with one attached hydrogen (secondary N) is 1. The molecule has 1 amide bonds. The SMILES string of the molecule is Cc1ccc(CNC(=O)c2cncn2-c2ccccc2)cc1. The Morgan fingerprint density at radius 1 is 1.09 bits per heavy atom. The second kappa shape index (κ2) is 6.26. The average Bonchev–Trinajstić information content (AvgIpc) is 3.04. The molecular formula is C18H17N3O. The molecule has 0 radical (unpaired) electrons. The van der Waals surface area contributed by atoms with E-state index in [4.69, 9.17) is 0 Å². The van der Waals surface area contributed by atoms with Gasteiger partial charge in [0, 0.05) is 12.2 Å². The lowest BCUT2D eigenvalue weighted by Crippen LogP contribution is -2.25. The highest BCUT2D eigenvalue weighted by molar-refractivity contribution is 5.92. The Hall–Kier alpha value is -2.88. The van der Waals surface area contributed by atoms with Crippen LogP contribution < -0.4 is 5.32 Å². The Morgan fingerprint density at radius 2 is 1.82 bits per heavy atom. The summed E-state index contributed by atoms with van der Waals surface area (Å²) < 4.78 is 1.78. The van der Waals surface area contributed by atoms with E-state index < -0.39 is 0 Å². The maximum absolute atomic E-state index is 12.4. The van der Waals surface area contributed by atoms with Crippen LogP contribution in [0.3, 0.4) is 0 Å². The van der Waals surface area contributed by atoms with Crippen molar-refractivity contribution in [3.05, 3.63) is 83.9 Å². The molecule has 0 aliphatic heterocycles. The molecule has 0 spiro atoms. The molecule has 22 heavy (non-hydrogen) atoms. The molecule has 0 aliphatic rings. The molecule has 1 aromatic heterocycles. The number of nitrogens with zero attached hydrogens (tertiary/aromatic N) is 2. The average molecular weight is 291 g/mol. The summed E-state index contributed by atoms with van der Waals surface area (Å²) >= 11 is 0. The molecule has 3 rings (SSSR count). The number of imidazole rings is 1. The highest BCUT2D eigenvalue weighted by Crippen LogP contribution is 2.11. The van der Waals surface area contributed by atoms with Crippen LogP contribution in [0.25, 0.3) is 5.69 Å². The Bertz CT molecular complexity index is 761. The van der Waals surface area contributed by atoms with Crippen LogP contribution in [0.15, 0.2) is 67.1 Å². The molecule has 4 nitrogen and oxygen atoms in total. The third-order valence-electron chi connectivity index (χ3n) is 3.48. The highest BCUT2D eigenvalue weighted by atomic mass is 16.1. The molecule has 1 heterocycles. The zero-order valence-electron chi connectivity index (χ0n) is 12.4. The van der Waals surface area contributed by atoms with Crippen molar-refractivity contribution in [3.8, 4) is 5.69 Å². The first kappa shape index (κ1) is 14.1. The van der Waals surface area contributed by atoms with Crippen molar-refractivity contribution >= 4 is 5.91 Å². The van der Waals surface area contributed by atoms with E-state index in [1.54, 1.807) is 17.1 Å². The van der Waals surface area contributed by atoms with Crippen LogP contribution in [0.4, 0.5) is 0 Å². The lowest BCUT2D eigenvalue weighted by molar-refractivity contribution is 0.0944. The van der Waals surface area contributed by atoms with Crippen molar-refractivity contribution < 1.29 is 4.79 Å². The second-order valence-electron chi connectivity index (χ2n) is 5.15. The number of hydrogen-bond donors (Lipinski definition) is 1. The Morgan fingerprint density at radius 3 is 2.55 bits per heavy atom. The van der Waals surface area contributed by atoms with Gasteiger partial charge in [-0.3, -0.25) is 9.36 Å². The summed E-state index contributed by atoms with van der Waals surface area (Å²) in [6.07, 6.45) is 3.23. The molecule has 0 bridgehead atoms. The number of carbonyl (C=O) groups excluding carboxylic acids is 1. The number of carbonyl (C=O) groups is 1. The summed E-state index contributed by atoms with van der Waals surface area (Å²) in [4.78, 5) is 16.5. The molecule has 0 saturated heterocycles. The third-order valence-corrected chi connectivity index (χ3v) is 3.48. The first-order chi connectivity index (χ1) is 10.7. The summed E-state index contributed by atoms with van der Waals surface area (Å²) in [5.74, 6) is -0.137. The molecule has 0 saturated carbocycles. The number of rotatable bonds is 4. The van der Waals surface area contributed by atoms with E-state index in [1.165, 1.54) is 5.56 Å². The largest absolute Gasteiger partial charge is 0.347 e. The molecule has 0 unspecified atom stereocenters. The summed E-state index contributed by atoms with van der Waals surface area (Å²) in [6, 6.07) is 17.8. The summed E-state index contributed by atoms with van der Waals surface area (Å²) in [7, 11) is 0. The molecular weight excluding hydrogens is 274 g/mol. The minimum atomic E-state index is -0.137. The van der Waals surface area contributed by atoms with Crippen molar-refractivity contribution in [2.75, 3.05) is 0 Å². The van der Waals surface area contributed by atoms with Gasteiger partial charge in [0.25, 0.3) is 5.91 Å². The predicted octanol–water partition coefficient (Wildman–Crippen LogP) is 3.11. The first-order valence-electron chi connectivity index (χ1n) is 7.15. The zero-order valence-corrected chi connectivity index (χ0v) is 12.4. The number of aromatic nitrogens is 2. The summed E-state index contributed by atoms with van der Waals surface area (Å²) in [5.41, 5.74) is 3.72. The number of amides is 1. The van der Waals surface area contributed by atoms with E-state index in [2.05, 4.69) is 10.3 Å². The normalized spacial score (nSPS) is 10.4. The fraction of sp³-hybridized carbons (Fsp3) is 0.111. The summed E-state index contributed by atoms with van der Waals surface area (Å²) in [5, 5.41) is 2.93. The monoisotopic (exact) mass is 291 g/mol. The van der Waals surface area contributed by atoms with Crippen LogP contribution in [0.5, 0.6) is 0 Å². The quantitative estimate of drug-likeness (QED) is 0.803. The van der Waals surface area contributed by atoms with Crippen LogP contribution in [0.1, 0.15) is 21.6 Å². The zero-order chi connectivity index (χ0) is 15.4. The molecule has 1 N–H and O–H groups in total. The van der Waals surface area contributed by atoms with E-state index in [1.807, 2.05) is 61.5 Å². The van der Waals surface area contributed by atoms with E-state index in [-0.39, 0.29) is 5.91 Å². The van der Waals surface area contributed by atoms with Gasteiger partial charge in [0.15, 0.2) is 0 Å². The first-order valence-corrected chi connectivity index (χ1v) is 7.15. The van der Waals surface area contributed by atoms with Gasteiger partial charge in [-0.2, -0.15) is 0 Å². The van der Waals surface area contributed by atoms with E-state index in [9.17, 15) is 4.79 Å². The lowest BCUT2D eigenvalue weighted by atomic mass is 10.1. The van der Waals surface area contributed by atoms with Crippen LogP contribution in [-0.4, -0.2) is 15.5 Å². The molecule has 0 aliphatic carbocycles. The van der Waals surface area contributed by atoms with E-state index in [0.717, 1.165) is 11.3 Å². The van der Waals surface area contributed by atoms with Gasteiger partial charge in [0.05, 0.1) is 12.5 Å². The molecule has 0 fully saturated rings. The second-order valence-corrected chi connectivity index (χ2v) is 5.15. The van der Waals surface area contributed by atoms with E-state index in [0.29, 0.717) is 12.2 Å². The van der Waals surface area contributed by atoms with Gasteiger partial charge in [0.1, 0.15) is 5.69 Å². The summed E-state index contributed by atoms with van der Waals surface area (Å²) in [6.45, 7) is 2.54. The minimum absolute atomic E-state index is 0.137. The van der Waals surface area contributed by atoms with Crippen molar-refractivity contribution in [1.82, 2.24) is 14.9 Å². The molecule has 2 aromatic carbocycles. The Kier molecular flexibility index (Phi) is 4.01. The number of benzene rings is 2. The van der Waals surface area contributed by atoms with Crippen molar-refractivity contribution in [2.45, 2.75) is 13.5 Å². The van der Waals surface area contributed by atoms with Crippen molar-refractivity contribution in [2.24, 2.45) is 0 Å². The topological polar surface area (TPSA) is 46.9 Å². The van der Waals surface area contributed by atoms with Gasteiger partial charge in [0.2, 0.25) is 0 Å². The molecule has 110 valence electrons. The highest BCUT2D eigenvalue weighted by Gasteiger charge is 2.12. The van der Waals surface area contributed by atoms with Crippen LogP contribution in [-0.2, 0) is 6.54 Å². The van der Waals surface area contributed by atoms with Crippen LogP contribution in [0.2, 0.25) is 0 Å². The van der Waals surface area contributed by atoms with Gasteiger partial charge < -0.3 is 5.32 Å². The number of para-hydroxylation sites is 1. The maximum Gasteiger partial charge on any atom is 0.270 e. The maximum atomic E-state index is 12.4. The standard InChI is InChI=1S/C18H17N3O/c1-14-7-9-15(10-8-14)11-20-18(22)17-12-19-13-21(17)16-5-3-2-4-6-16/h2-10,12-13H,11H2,1H3,(H,20,22). The van der Waals surface area contributed by atoms with Gasteiger partial charge in [-0.15, -0.1) is 0 Å². The van der Waals surface area contributed by atoms with Gasteiger partial charge in [-0.05, 0) is 24.6 Å². The lowest BCUT2D eigenvalue weighted by Gasteiger charge is -2.09. The van der Waals surface area contributed by atoms with Crippen LogP contribution >= 0.6 is 0 Å². The van der Waals surface area contributed by atoms with Gasteiger partial charge in [-0.25, -0.2) is 4.98 Å². The smallest absolute Gasteiger partial charge is 0.270 e. The molecule has 4 heteroatoms. The van der Waals surface area contributed by atoms with Crippen molar-refractivity contribution in [1.29, 1.82) is 0 Å². The fourth-order valence-electron chi connectivity index (χ4n) is 2.24. The molecule has 3 aromatic rings. The Balaban J connectivity index is 1.73. The molecule has 0 atom stereocenters. The number of aryl methyl sites for hydroxylation is 1. The predicted molar refractivity (Wildman–Crippen MR) is 85.9 cm³/mol. The number of hydrogen-bond acceptors (Lipinski definition) is 2. The Labute approximate surface area is 129 Å². The van der Waals surface area contributed by atoms with Gasteiger partial charge >= 0.3 is 0 Å². The minimum Gasteiger partial charge on any atom is -0.347 e. The van der Waals surface area contributed by atoms with Gasteiger partial charge in [-0.1, -0.05) is 48.0 Å². The fourth-order valence-corrected chi connectivity index (χ4v) is 2.24. The van der Waals surface area contributed by atoms with Crippen molar-refractivity contribution in [3.63, 3.8) is 0 Å². The van der Waals surface area contributed by atoms with E-state index >= 15 is 0 Å². The van der Waals surface area contributed by atoms with Crippen LogP contribution in [0, 0.1) is 6.92 Å².